The molecule has 1 rings (SSSR count). The second kappa shape index (κ2) is 5.09. The molecule has 0 saturated carbocycles. The molecular formula is C10H10IO3. The molecule has 0 aliphatic rings. The molecule has 0 saturated heterocycles. The van der Waals surface area contributed by atoms with Gasteiger partial charge in [0.1, 0.15) is 0 Å². The minimum atomic E-state index is -0.462. The van der Waals surface area contributed by atoms with Gasteiger partial charge in [0.25, 0.3) is 0 Å². The van der Waals surface area contributed by atoms with Crippen LogP contribution in [0.15, 0.2) is 24.3 Å². The molecule has 0 heterocycles. The summed E-state index contributed by atoms with van der Waals surface area (Å²) >= 11 is -0.462. The maximum Gasteiger partial charge on any atom is 0.337 e. The number of carbonyl (C=O) groups excluding carboxylic acids is 2. The number of hydrogen-bond donors (Lipinski definition) is 0. The minimum absolute atomic E-state index is 0.134. The first kappa shape index (κ1) is 11.2. The molecule has 75 valence electrons. The molecule has 4 heteroatoms. The predicted octanol–water partition coefficient (Wildman–Crippen LogP) is 2.21. The van der Waals surface area contributed by atoms with Crippen molar-refractivity contribution in [3.63, 3.8) is 0 Å². The Bertz CT molecular complexity index is 329. The first-order valence-corrected chi connectivity index (χ1v) is 7.15. The molecule has 1 radical (unpaired) electrons. The first-order chi connectivity index (χ1) is 6.69. The van der Waals surface area contributed by atoms with Crippen LogP contribution in [-0.2, 0) is 4.74 Å². The van der Waals surface area contributed by atoms with Gasteiger partial charge in [-0.05, 0) is 17.1 Å². The lowest BCUT2D eigenvalue weighted by molar-refractivity contribution is 0.0600. The summed E-state index contributed by atoms with van der Waals surface area (Å²) in [5.74, 6) is -0.408. The second-order valence-corrected chi connectivity index (χ2v) is 4.59. The summed E-state index contributed by atoms with van der Waals surface area (Å²) in [4.78, 5) is 24.4. The molecule has 0 spiro atoms. The van der Waals surface area contributed by atoms with E-state index in [1.165, 1.54) is 7.11 Å². The van der Waals surface area contributed by atoms with Gasteiger partial charge in [-0.3, -0.25) is 4.79 Å². The zero-order chi connectivity index (χ0) is 10.6. The van der Waals surface area contributed by atoms with Crippen LogP contribution >= 0.6 is 21.2 Å². The molecule has 1 aromatic rings. The highest BCUT2D eigenvalue weighted by molar-refractivity contribution is 14.2. The topological polar surface area (TPSA) is 43.4 Å². The average molecular weight is 305 g/mol. The molecule has 1 aromatic carbocycles. The van der Waals surface area contributed by atoms with Gasteiger partial charge in [-0.1, -0.05) is 33.3 Å². The third-order valence-electron chi connectivity index (χ3n) is 1.68. The number of halogens is 1. The summed E-state index contributed by atoms with van der Waals surface area (Å²) in [6.07, 6.45) is 0. The maximum atomic E-state index is 11.4. The van der Waals surface area contributed by atoms with Crippen LogP contribution in [-0.4, -0.2) is 21.8 Å². The Labute approximate surface area is 92.7 Å². The lowest BCUT2D eigenvalue weighted by Crippen LogP contribution is -2.02. The van der Waals surface area contributed by atoms with Crippen molar-refractivity contribution in [3.05, 3.63) is 35.4 Å². The van der Waals surface area contributed by atoms with Crippen molar-refractivity contribution in [2.45, 2.75) is 0 Å². The van der Waals surface area contributed by atoms with Gasteiger partial charge in [0.2, 0.25) is 3.79 Å². The van der Waals surface area contributed by atoms with Crippen LogP contribution in [0.3, 0.4) is 0 Å². The Balaban J connectivity index is 3.01. The Kier molecular flexibility index (Phi) is 4.06. The molecule has 0 unspecified atom stereocenters. The Morgan fingerprint density at radius 2 is 1.93 bits per heavy atom. The van der Waals surface area contributed by atoms with E-state index in [9.17, 15) is 9.59 Å². The highest BCUT2D eigenvalue weighted by atomic mass is 127. The van der Waals surface area contributed by atoms with E-state index in [-0.39, 0.29) is 3.79 Å². The number of rotatable bonds is 3. The second-order valence-electron chi connectivity index (χ2n) is 2.54. The van der Waals surface area contributed by atoms with Gasteiger partial charge in [0, 0.05) is 5.56 Å². The Morgan fingerprint density at radius 1 is 1.29 bits per heavy atom. The van der Waals surface area contributed by atoms with Gasteiger partial charge in [0.15, 0.2) is 0 Å². The fourth-order valence-corrected chi connectivity index (χ4v) is 1.95. The lowest BCUT2D eigenvalue weighted by Gasteiger charge is -2.01. The van der Waals surface area contributed by atoms with Gasteiger partial charge in [-0.2, -0.15) is 0 Å². The van der Waals surface area contributed by atoms with Crippen molar-refractivity contribution < 1.29 is 14.3 Å². The quantitative estimate of drug-likeness (QED) is 0.372. The summed E-state index contributed by atoms with van der Waals surface area (Å²) in [5.41, 5.74) is 1.03. The van der Waals surface area contributed by atoms with Crippen molar-refractivity contribution >= 4 is 31.0 Å². The maximum absolute atomic E-state index is 11.4. The van der Waals surface area contributed by atoms with Crippen LogP contribution in [0.2, 0.25) is 0 Å². The Morgan fingerprint density at radius 3 is 2.50 bits per heavy atom. The molecular weight excluding hydrogens is 295 g/mol. The van der Waals surface area contributed by atoms with Crippen LogP contribution in [0.1, 0.15) is 20.7 Å². The van der Waals surface area contributed by atoms with E-state index in [0.717, 1.165) is 0 Å². The van der Waals surface area contributed by atoms with Crippen LogP contribution in [0.5, 0.6) is 0 Å². The number of benzene rings is 1. The third-order valence-corrected chi connectivity index (χ3v) is 3.28. The van der Waals surface area contributed by atoms with E-state index < -0.39 is 27.2 Å². The summed E-state index contributed by atoms with van der Waals surface area (Å²) in [5, 5.41) is 0. The smallest absolute Gasteiger partial charge is 0.337 e. The average Bonchev–Trinajstić information content (AvgIpc) is 2.27. The number of ether oxygens (including phenoxy) is 1. The van der Waals surface area contributed by atoms with Gasteiger partial charge in [0.05, 0.1) is 12.7 Å². The van der Waals surface area contributed by atoms with E-state index in [2.05, 4.69) is 4.74 Å². The molecule has 0 aromatic heterocycles. The van der Waals surface area contributed by atoms with Crippen molar-refractivity contribution in [3.8, 4) is 0 Å². The molecule has 0 atom stereocenters. The highest BCUT2D eigenvalue weighted by Gasteiger charge is 2.09. The summed E-state index contributed by atoms with van der Waals surface area (Å²) in [6, 6.07) is 6.63. The fraction of sp³-hybridized carbons (Fsp3) is 0.200. The molecule has 0 bridgehead atoms. The van der Waals surface area contributed by atoms with E-state index in [1.807, 2.05) is 4.93 Å². The third kappa shape index (κ3) is 2.54. The van der Waals surface area contributed by atoms with E-state index in [1.54, 1.807) is 24.3 Å². The standard InChI is InChI=1S/C10H10IO3/c1-11-9(12)7-4-3-5-8(6-7)10(13)14-2/h3-6H,1-2H3. The monoisotopic (exact) mass is 305 g/mol. The largest absolute Gasteiger partial charge is 0.465 e. The van der Waals surface area contributed by atoms with Gasteiger partial charge >= 0.3 is 5.97 Å². The van der Waals surface area contributed by atoms with Crippen LogP contribution < -0.4 is 0 Å². The number of hydrogen-bond acceptors (Lipinski definition) is 3. The number of esters is 1. The van der Waals surface area contributed by atoms with E-state index >= 15 is 0 Å². The fourth-order valence-electron chi connectivity index (χ4n) is 0.995. The zero-order valence-corrected chi connectivity index (χ0v) is 10.1. The van der Waals surface area contributed by atoms with Crippen molar-refractivity contribution in [1.29, 1.82) is 0 Å². The van der Waals surface area contributed by atoms with Gasteiger partial charge < -0.3 is 4.74 Å². The van der Waals surface area contributed by atoms with Crippen molar-refractivity contribution in [2.75, 3.05) is 12.0 Å². The molecule has 0 amide bonds. The van der Waals surface area contributed by atoms with Gasteiger partial charge in [-0.15, -0.1) is 0 Å². The summed E-state index contributed by atoms with van der Waals surface area (Å²) < 4.78 is 4.70. The van der Waals surface area contributed by atoms with Gasteiger partial charge in [-0.25, -0.2) is 4.79 Å². The van der Waals surface area contributed by atoms with E-state index in [4.69, 9.17) is 0 Å². The number of alkyl halides is 1. The molecule has 0 aliphatic carbocycles. The van der Waals surface area contributed by atoms with Crippen LogP contribution in [0, 0.1) is 0 Å². The van der Waals surface area contributed by atoms with Crippen molar-refractivity contribution in [2.24, 2.45) is 0 Å². The van der Waals surface area contributed by atoms with E-state index in [0.29, 0.717) is 11.1 Å². The normalized spacial score (nSPS) is 9.57. The number of carbonyl (C=O) groups is 2. The lowest BCUT2D eigenvalue weighted by atomic mass is 10.1. The summed E-state index contributed by atoms with van der Waals surface area (Å²) in [6.45, 7) is 0. The molecule has 14 heavy (non-hydrogen) atoms. The Hall–Kier alpha value is -0.910. The molecule has 0 aliphatic heterocycles. The molecule has 0 fully saturated rings. The molecule has 3 nitrogen and oxygen atoms in total. The van der Waals surface area contributed by atoms with Crippen LogP contribution in [0.4, 0.5) is 0 Å². The predicted molar refractivity (Wildman–Crippen MR) is 62.1 cm³/mol. The van der Waals surface area contributed by atoms with Crippen molar-refractivity contribution in [1.82, 2.24) is 0 Å². The summed E-state index contributed by atoms with van der Waals surface area (Å²) in [7, 11) is 1.32. The SMILES string of the molecule is COC(=O)c1cccc(C(=O)[I]C)c1. The minimum Gasteiger partial charge on any atom is -0.465 e. The molecule has 0 N–H and O–H groups in total. The number of methoxy groups -OCH3 is 1. The first-order valence-electron chi connectivity index (χ1n) is 3.91. The van der Waals surface area contributed by atoms with Crippen LogP contribution in [0.25, 0.3) is 0 Å². The highest BCUT2D eigenvalue weighted by Crippen LogP contribution is 2.16. The zero-order valence-electron chi connectivity index (χ0n) is 7.91.